The molecule has 0 aromatic carbocycles. The van der Waals surface area contributed by atoms with Crippen molar-refractivity contribution in [2.75, 3.05) is 27.0 Å². The van der Waals surface area contributed by atoms with Gasteiger partial charge in [0.1, 0.15) is 11.9 Å². The molecule has 0 aromatic rings. The lowest BCUT2D eigenvalue weighted by atomic mass is 10.0. The number of aliphatic hydroxyl groups is 1. The maximum atomic E-state index is 11.7. The van der Waals surface area contributed by atoms with Crippen LogP contribution in [0.3, 0.4) is 0 Å². The zero-order valence-corrected chi connectivity index (χ0v) is 11.0. The first-order valence-electron chi connectivity index (χ1n) is 5.33. The summed E-state index contributed by atoms with van der Waals surface area (Å²) in [6.45, 7) is 1.92. The highest BCUT2D eigenvalue weighted by Gasteiger charge is 2.27. The van der Waals surface area contributed by atoms with E-state index in [4.69, 9.17) is 14.2 Å². The summed E-state index contributed by atoms with van der Waals surface area (Å²) >= 11 is 0. The first-order valence-corrected chi connectivity index (χ1v) is 7.06. The van der Waals surface area contributed by atoms with Gasteiger partial charge in [-0.25, -0.2) is 0 Å². The van der Waals surface area contributed by atoms with Crippen LogP contribution in [0.5, 0.6) is 0 Å². The molecule has 0 radical (unpaired) electrons. The average molecular weight is 252 g/mol. The minimum atomic E-state index is -3.23. The van der Waals surface area contributed by atoms with Crippen LogP contribution in [0.4, 0.5) is 0 Å². The first-order chi connectivity index (χ1) is 7.49. The molecule has 0 saturated heterocycles. The Hall–Kier alpha value is -0.220. The second-order valence-corrected chi connectivity index (χ2v) is 5.99. The fraction of sp³-hybridized carbons (Fsp3) is 0.900. The summed E-state index contributed by atoms with van der Waals surface area (Å²) in [4.78, 5) is 11.7. The van der Waals surface area contributed by atoms with E-state index in [9.17, 15) is 9.36 Å². The maximum absolute atomic E-state index is 11.7. The predicted octanol–water partition coefficient (Wildman–Crippen LogP) is 1.84. The van der Waals surface area contributed by atoms with Crippen LogP contribution in [-0.2, 0) is 18.4 Å². The lowest BCUT2D eigenvalue weighted by Gasteiger charge is -2.15. The van der Waals surface area contributed by atoms with Gasteiger partial charge in [-0.15, -0.1) is 0 Å². The zero-order valence-electron chi connectivity index (χ0n) is 10.1. The van der Waals surface area contributed by atoms with Crippen molar-refractivity contribution < 1.29 is 23.5 Å². The Morgan fingerprint density at radius 2 is 1.88 bits per heavy atom. The molecule has 6 heteroatoms. The number of Topliss-reactive ketones (excluding diaryl/α,β-unsaturated/α-hetero) is 1. The van der Waals surface area contributed by atoms with E-state index in [2.05, 4.69) is 0 Å². The summed E-state index contributed by atoms with van der Waals surface area (Å²) in [6.07, 6.45) is 1.98. The van der Waals surface area contributed by atoms with Crippen LogP contribution in [0, 0.1) is 5.92 Å². The fourth-order valence-electron chi connectivity index (χ4n) is 1.27. The monoisotopic (exact) mass is 252 g/mol. The largest absolute Gasteiger partial charge is 0.396 e. The van der Waals surface area contributed by atoms with Gasteiger partial charge in [-0.2, -0.15) is 0 Å². The lowest BCUT2D eigenvalue weighted by Crippen LogP contribution is -2.16. The van der Waals surface area contributed by atoms with Crippen molar-refractivity contribution in [1.82, 2.24) is 0 Å². The molecule has 0 heterocycles. The molecule has 0 fully saturated rings. The quantitative estimate of drug-likeness (QED) is 0.500. The molecule has 0 spiro atoms. The van der Waals surface area contributed by atoms with Crippen molar-refractivity contribution in [3.05, 3.63) is 0 Å². The molecular formula is C10H21O5P. The summed E-state index contributed by atoms with van der Waals surface area (Å²) < 4.78 is 21.1. The van der Waals surface area contributed by atoms with Crippen LogP contribution in [0.15, 0.2) is 0 Å². The average Bonchev–Trinajstić information content (AvgIpc) is 2.29. The van der Waals surface area contributed by atoms with E-state index in [0.717, 1.165) is 6.42 Å². The molecule has 0 aliphatic rings. The van der Waals surface area contributed by atoms with Crippen LogP contribution in [0.2, 0.25) is 0 Å². The third-order valence-electron chi connectivity index (χ3n) is 2.50. The lowest BCUT2D eigenvalue weighted by molar-refractivity contribution is -0.120. The van der Waals surface area contributed by atoms with Crippen LogP contribution < -0.4 is 0 Å². The van der Waals surface area contributed by atoms with Gasteiger partial charge in [-0.05, 0) is 12.8 Å². The van der Waals surface area contributed by atoms with Gasteiger partial charge in [0.2, 0.25) is 0 Å². The molecule has 0 bridgehead atoms. The standard InChI is InChI=1S/C10H21O5P/c1-9(6-4-5-7-11)10(12)8-16(13,14-2)15-3/h9,11H,4-8H2,1-3H3. The number of carbonyl (C=O) groups excluding carboxylic acids is 1. The number of hydrogen-bond donors (Lipinski definition) is 1. The molecule has 0 amide bonds. The summed E-state index contributed by atoms with van der Waals surface area (Å²) in [7, 11) is -0.686. The number of aliphatic hydroxyl groups excluding tert-OH is 1. The van der Waals surface area contributed by atoms with Gasteiger partial charge < -0.3 is 14.2 Å². The van der Waals surface area contributed by atoms with Crippen molar-refractivity contribution in [3.8, 4) is 0 Å². The molecule has 0 rings (SSSR count). The van der Waals surface area contributed by atoms with Gasteiger partial charge in [0.05, 0.1) is 0 Å². The topological polar surface area (TPSA) is 72.8 Å². The van der Waals surface area contributed by atoms with E-state index in [1.54, 1.807) is 6.92 Å². The molecule has 1 unspecified atom stereocenters. The van der Waals surface area contributed by atoms with E-state index < -0.39 is 7.60 Å². The van der Waals surface area contributed by atoms with Crippen LogP contribution in [0.1, 0.15) is 26.2 Å². The van der Waals surface area contributed by atoms with E-state index in [1.165, 1.54) is 14.2 Å². The maximum Gasteiger partial charge on any atom is 0.337 e. The summed E-state index contributed by atoms with van der Waals surface area (Å²) in [5, 5.41) is 8.61. The van der Waals surface area contributed by atoms with Gasteiger partial charge in [0.15, 0.2) is 0 Å². The molecular weight excluding hydrogens is 231 g/mol. The highest BCUT2D eigenvalue weighted by molar-refractivity contribution is 7.54. The Balaban J connectivity index is 4.09. The molecule has 1 N–H and O–H groups in total. The number of carbonyl (C=O) groups is 1. The molecule has 1 atom stereocenters. The Bertz CT molecular complexity index is 246. The molecule has 0 saturated carbocycles. The number of rotatable bonds is 9. The Labute approximate surface area is 96.7 Å². The Morgan fingerprint density at radius 3 is 2.31 bits per heavy atom. The highest BCUT2D eigenvalue weighted by atomic mass is 31.2. The second-order valence-electron chi connectivity index (χ2n) is 3.72. The van der Waals surface area contributed by atoms with Gasteiger partial charge in [-0.3, -0.25) is 9.36 Å². The second kappa shape index (κ2) is 7.96. The fourth-order valence-corrected chi connectivity index (χ4v) is 2.37. The number of unbranched alkanes of at least 4 members (excludes halogenated alkanes) is 1. The minimum absolute atomic E-state index is 0.120. The summed E-state index contributed by atoms with van der Waals surface area (Å²) in [6, 6.07) is 0. The molecule has 0 aliphatic carbocycles. The molecule has 16 heavy (non-hydrogen) atoms. The molecule has 5 nitrogen and oxygen atoms in total. The molecule has 0 aliphatic heterocycles. The van der Waals surface area contributed by atoms with Crippen molar-refractivity contribution >= 4 is 13.4 Å². The van der Waals surface area contributed by atoms with Gasteiger partial charge >= 0.3 is 7.60 Å². The van der Waals surface area contributed by atoms with Crippen molar-refractivity contribution in [2.45, 2.75) is 26.2 Å². The Kier molecular flexibility index (Phi) is 7.85. The number of hydrogen-bond acceptors (Lipinski definition) is 5. The van der Waals surface area contributed by atoms with E-state index in [1.807, 2.05) is 0 Å². The smallest absolute Gasteiger partial charge is 0.337 e. The van der Waals surface area contributed by atoms with E-state index >= 15 is 0 Å². The van der Waals surface area contributed by atoms with Gasteiger partial charge in [0.25, 0.3) is 0 Å². The molecule has 96 valence electrons. The van der Waals surface area contributed by atoms with Crippen LogP contribution >= 0.6 is 7.60 Å². The third-order valence-corrected chi connectivity index (χ3v) is 4.31. The summed E-state index contributed by atoms with van der Waals surface area (Å²) in [5.74, 6) is -0.296. The van der Waals surface area contributed by atoms with Crippen molar-refractivity contribution in [2.24, 2.45) is 5.92 Å². The van der Waals surface area contributed by atoms with Crippen LogP contribution in [-0.4, -0.2) is 37.9 Å². The van der Waals surface area contributed by atoms with E-state index in [0.29, 0.717) is 12.8 Å². The SMILES string of the molecule is COP(=O)(CC(=O)C(C)CCCCO)OC. The van der Waals surface area contributed by atoms with Crippen LogP contribution in [0.25, 0.3) is 0 Å². The highest BCUT2D eigenvalue weighted by Crippen LogP contribution is 2.46. The van der Waals surface area contributed by atoms with Crippen molar-refractivity contribution in [1.29, 1.82) is 0 Å². The summed E-state index contributed by atoms with van der Waals surface area (Å²) in [5.41, 5.74) is 0. The number of ketones is 1. The third kappa shape index (κ3) is 5.75. The van der Waals surface area contributed by atoms with E-state index in [-0.39, 0.29) is 24.5 Å². The zero-order chi connectivity index (χ0) is 12.6. The normalized spacial score (nSPS) is 13.8. The predicted molar refractivity (Wildman–Crippen MR) is 61.6 cm³/mol. The van der Waals surface area contributed by atoms with Crippen molar-refractivity contribution in [3.63, 3.8) is 0 Å². The first kappa shape index (κ1) is 15.8. The van der Waals surface area contributed by atoms with Gasteiger partial charge in [0, 0.05) is 26.7 Å². The minimum Gasteiger partial charge on any atom is -0.396 e. The Morgan fingerprint density at radius 1 is 1.31 bits per heavy atom. The van der Waals surface area contributed by atoms with Gasteiger partial charge in [-0.1, -0.05) is 13.3 Å². The molecule has 0 aromatic heterocycles.